The van der Waals surface area contributed by atoms with Crippen LogP contribution in [0.4, 0.5) is 13.2 Å². The van der Waals surface area contributed by atoms with Crippen LogP contribution in [0.1, 0.15) is 6.92 Å². The van der Waals surface area contributed by atoms with Crippen LogP contribution in [0.25, 0.3) is 0 Å². The van der Waals surface area contributed by atoms with Gasteiger partial charge in [0.1, 0.15) is 0 Å². The molecule has 0 spiro atoms. The van der Waals surface area contributed by atoms with Gasteiger partial charge in [-0.05, 0) is 6.92 Å². The molecule has 0 aromatic rings. The Morgan fingerprint density at radius 2 is 2.00 bits per heavy atom. The summed E-state index contributed by atoms with van der Waals surface area (Å²) in [5, 5.41) is 0.248. The van der Waals surface area contributed by atoms with Crippen LogP contribution in [0, 0.1) is 0 Å². The second-order valence-electron chi connectivity index (χ2n) is 1.54. The molecule has 0 unspecified atom stereocenters. The monoisotopic (exact) mass is 202 g/mol. The first-order chi connectivity index (χ1) is 3.98. The van der Waals surface area contributed by atoms with Gasteiger partial charge in [-0.1, -0.05) is 22.0 Å². The van der Waals surface area contributed by atoms with Gasteiger partial charge < -0.3 is 0 Å². The zero-order valence-electron chi connectivity index (χ0n) is 4.80. The Kier molecular flexibility index (Phi) is 3.25. The van der Waals surface area contributed by atoms with Crippen molar-refractivity contribution in [2.24, 2.45) is 0 Å². The third-order valence-corrected chi connectivity index (χ3v) is 1.15. The number of rotatable bonds is 1. The van der Waals surface area contributed by atoms with E-state index in [1.807, 2.05) is 0 Å². The van der Waals surface area contributed by atoms with E-state index >= 15 is 0 Å². The number of hydrogen-bond acceptors (Lipinski definition) is 0. The minimum absolute atomic E-state index is 0.248. The van der Waals surface area contributed by atoms with E-state index in [2.05, 4.69) is 15.9 Å². The average molecular weight is 203 g/mol. The number of hydrogen-bond donors (Lipinski definition) is 0. The van der Waals surface area contributed by atoms with Gasteiger partial charge in [0.15, 0.2) is 0 Å². The van der Waals surface area contributed by atoms with Crippen molar-refractivity contribution in [3.8, 4) is 0 Å². The second kappa shape index (κ2) is 3.25. The summed E-state index contributed by atoms with van der Waals surface area (Å²) in [7, 11) is 0. The molecule has 54 valence electrons. The van der Waals surface area contributed by atoms with Crippen molar-refractivity contribution >= 4 is 15.9 Å². The van der Waals surface area contributed by atoms with Crippen LogP contribution < -0.4 is 0 Å². The smallest absolute Gasteiger partial charge is 0.167 e. The lowest BCUT2D eigenvalue weighted by Gasteiger charge is -2.03. The van der Waals surface area contributed by atoms with Gasteiger partial charge >= 0.3 is 6.18 Å². The first kappa shape index (κ1) is 9.01. The van der Waals surface area contributed by atoms with Crippen LogP contribution in [0.2, 0.25) is 0 Å². The Morgan fingerprint density at radius 3 is 2.11 bits per heavy atom. The third kappa shape index (κ3) is 3.56. The molecule has 0 bridgehead atoms. The summed E-state index contributed by atoms with van der Waals surface area (Å²) in [4.78, 5) is 0. The summed E-state index contributed by atoms with van der Waals surface area (Å²) in [6.45, 7) is 1.04. The lowest BCUT2D eigenvalue weighted by Crippen LogP contribution is -2.08. The van der Waals surface area contributed by atoms with Crippen LogP contribution >= 0.6 is 15.9 Å². The minimum atomic E-state index is -4.16. The van der Waals surface area contributed by atoms with Gasteiger partial charge in [0.2, 0.25) is 0 Å². The molecule has 0 aliphatic rings. The standard InChI is InChI=1S/C5H6BrF3/c1-4(2-3-6)5(7,8)9/h2H,3H2,1H3/b4-2+. The molecule has 0 aliphatic heterocycles. The zero-order valence-corrected chi connectivity index (χ0v) is 6.38. The molecule has 0 saturated heterocycles. The van der Waals surface area contributed by atoms with Crippen molar-refractivity contribution in [3.05, 3.63) is 11.6 Å². The van der Waals surface area contributed by atoms with Crippen LogP contribution in [0.3, 0.4) is 0 Å². The molecule has 0 rings (SSSR count). The first-order valence-corrected chi connectivity index (χ1v) is 3.40. The van der Waals surface area contributed by atoms with Crippen molar-refractivity contribution < 1.29 is 13.2 Å². The maximum absolute atomic E-state index is 11.5. The summed E-state index contributed by atoms with van der Waals surface area (Å²) in [6, 6.07) is 0. The lowest BCUT2D eigenvalue weighted by atomic mass is 10.3. The quantitative estimate of drug-likeness (QED) is 0.454. The van der Waals surface area contributed by atoms with E-state index in [4.69, 9.17) is 0 Å². The Bertz CT molecular complexity index is 114. The Balaban J connectivity index is 4.03. The lowest BCUT2D eigenvalue weighted by molar-refractivity contribution is -0.0914. The van der Waals surface area contributed by atoms with E-state index in [0.717, 1.165) is 13.0 Å². The van der Waals surface area contributed by atoms with Crippen LogP contribution in [-0.2, 0) is 0 Å². The molecule has 0 saturated carbocycles. The number of alkyl halides is 4. The fourth-order valence-corrected chi connectivity index (χ4v) is 0.717. The van der Waals surface area contributed by atoms with Crippen molar-refractivity contribution in [2.75, 3.05) is 5.33 Å². The maximum Gasteiger partial charge on any atom is 0.412 e. The second-order valence-corrected chi connectivity index (χ2v) is 2.19. The van der Waals surface area contributed by atoms with E-state index in [0.29, 0.717) is 0 Å². The molecule has 0 aromatic heterocycles. The predicted molar refractivity (Wildman–Crippen MR) is 33.6 cm³/mol. The van der Waals surface area contributed by atoms with Gasteiger partial charge in [0.05, 0.1) is 0 Å². The highest BCUT2D eigenvalue weighted by Crippen LogP contribution is 2.24. The van der Waals surface area contributed by atoms with Crippen molar-refractivity contribution in [1.29, 1.82) is 0 Å². The maximum atomic E-state index is 11.5. The SMILES string of the molecule is C/C(=C\CBr)C(F)(F)F. The van der Waals surface area contributed by atoms with Crippen molar-refractivity contribution in [2.45, 2.75) is 13.1 Å². The van der Waals surface area contributed by atoms with E-state index in [1.165, 1.54) is 0 Å². The van der Waals surface area contributed by atoms with Gasteiger partial charge in [-0.2, -0.15) is 13.2 Å². The van der Waals surface area contributed by atoms with E-state index in [9.17, 15) is 13.2 Å². The van der Waals surface area contributed by atoms with E-state index in [1.54, 1.807) is 0 Å². The molecule has 0 aliphatic carbocycles. The number of allylic oxidation sites excluding steroid dienone is 2. The topological polar surface area (TPSA) is 0 Å². The Morgan fingerprint density at radius 1 is 1.56 bits per heavy atom. The molecule has 0 aromatic carbocycles. The largest absolute Gasteiger partial charge is 0.412 e. The molecule has 0 fully saturated rings. The molecule has 9 heavy (non-hydrogen) atoms. The molecule has 0 radical (unpaired) electrons. The van der Waals surface area contributed by atoms with Crippen LogP contribution in [-0.4, -0.2) is 11.5 Å². The van der Waals surface area contributed by atoms with Crippen molar-refractivity contribution in [1.82, 2.24) is 0 Å². The van der Waals surface area contributed by atoms with Gasteiger partial charge in [-0.25, -0.2) is 0 Å². The predicted octanol–water partition coefficient (Wildman–Crippen LogP) is 2.89. The average Bonchev–Trinajstić information content (AvgIpc) is 1.64. The fourth-order valence-electron chi connectivity index (χ4n) is 0.231. The normalized spacial score (nSPS) is 14.1. The molecule has 0 amide bonds. The van der Waals surface area contributed by atoms with Crippen LogP contribution in [0.5, 0.6) is 0 Å². The highest BCUT2D eigenvalue weighted by Gasteiger charge is 2.29. The Labute approximate surface area is 59.9 Å². The summed E-state index contributed by atoms with van der Waals surface area (Å²) in [6.07, 6.45) is -3.08. The van der Waals surface area contributed by atoms with Crippen LogP contribution in [0.15, 0.2) is 11.6 Å². The summed E-state index contributed by atoms with van der Waals surface area (Å²) < 4.78 is 34.6. The summed E-state index contributed by atoms with van der Waals surface area (Å²) in [5.41, 5.74) is -0.556. The molecule has 0 N–H and O–H groups in total. The minimum Gasteiger partial charge on any atom is -0.167 e. The molecule has 0 atom stereocenters. The van der Waals surface area contributed by atoms with E-state index < -0.39 is 11.7 Å². The van der Waals surface area contributed by atoms with E-state index in [-0.39, 0.29) is 5.33 Å². The highest BCUT2D eigenvalue weighted by molar-refractivity contribution is 9.09. The zero-order chi connectivity index (χ0) is 7.49. The number of halogens is 4. The van der Waals surface area contributed by atoms with Gasteiger partial charge in [0.25, 0.3) is 0 Å². The highest BCUT2D eigenvalue weighted by atomic mass is 79.9. The molecular formula is C5H6BrF3. The first-order valence-electron chi connectivity index (χ1n) is 2.28. The molecule has 0 heterocycles. The van der Waals surface area contributed by atoms with Gasteiger partial charge in [-0.15, -0.1) is 0 Å². The molecule has 0 nitrogen and oxygen atoms in total. The summed E-state index contributed by atoms with van der Waals surface area (Å²) >= 11 is 2.87. The van der Waals surface area contributed by atoms with Gasteiger partial charge in [0, 0.05) is 10.9 Å². The van der Waals surface area contributed by atoms with Gasteiger partial charge in [-0.3, -0.25) is 0 Å². The fraction of sp³-hybridized carbons (Fsp3) is 0.600. The van der Waals surface area contributed by atoms with Crippen molar-refractivity contribution in [3.63, 3.8) is 0 Å². The third-order valence-electron chi connectivity index (χ3n) is 0.830. The summed E-state index contributed by atoms with van der Waals surface area (Å²) in [5.74, 6) is 0. The Hall–Kier alpha value is 0.01000. The molecular weight excluding hydrogens is 197 g/mol. The molecule has 4 heteroatoms.